The molecule has 2 N–H and O–H groups in total. The molecular weight excluding hydrogens is 377 g/mol. The number of hydrogen-bond donors (Lipinski definition) is 2. The number of aryl methyl sites for hydroxylation is 1. The van der Waals surface area contributed by atoms with Gasteiger partial charge in [-0.3, -0.25) is 4.99 Å². The van der Waals surface area contributed by atoms with Gasteiger partial charge >= 0.3 is 0 Å². The molecule has 1 aliphatic rings. The lowest BCUT2D eigenvalue weighted by molar-refractivity contribution is 0.379. The van der Waals surface area contributed by atoms with E-state index < -0.39 is 0 Å². The van der Waals surface area contributed by atoms with Crippen molar-refractivity contribution in [3.63, 3.8) is 0 Å². The number of nitrogens with zero attached hydrogens (tertiary/aromatic N) is 1. The molecule has 1 heterocycles. The number of halogens is 1. The van der Waals surface area contributed by atoms with E-state index in [9.17, 15) is 0 Å². The average molecular weight is 399 g/mol. The van der Waals surface area contributed by atoms with Crippen LogP contribution in [0.15, 0.2) is 33.7 Å². The van der Waals surface area contributed by atoms with Crippen LogP contribution in [0.25, 0.3) is 11.0 Å². The zero-order valence-electron chi connectivity index (χ0n) is 12.5. The Labute approximate surface area is 142 Å². The molecule has 21 heavy (non-hydrogen) atoms. The third-order valence-electron chi connectivity index (χ3n) is 4.03. The predicted octanol–water partition coefficient (Wildman–Crippen LogP) is 3.58. The predicted molar refractivity (Wildman–Crippen MR) is 97.3 cm³/mol. The molecule has 1 aromatic carbocycles. The minimum atomic E-state index is 0. The van der Waals surface area contributed by atoms with Crippen LogP contribution in [0.3, 0.4) is 0 Å². The zero-order valence-corrected chi connectivity index (χ0v) is 14.8. The Balaban J connectivity index is 0.00000161. The summed E-state index contributed by atoms with van der Waals surface area (Å²) in [4.78, 5) is 4.26. The molecule has 4 nitrogen and oxygen atoms in total. The normalized spacial score (nSPS) is 15.4. The summed E-state index contributed by atoms with van der Waals surface area (Å²) >= 11 is 0. The minimum absolute atomic E-state index is 0. The molecule has 3 rings (SSSR count). The van der Waals surface area contributed by atoms with Crippen molar-refractivity contribution in [2.75, 3.05) is 7.05 Å². The Morgan fingerprint density at radius 3 is 2.71 bits per heavy atom. The van der Waals surface area contributed by atoms with Gasteiger partial charge in [-0.05, 0) is 32.3 Å². The Morgan fingerprint density at radius 2 is 2.10 bits per heavy atom. The van der Waals surface area contributed by atoms with Crippen LogP contribution < -0.4 is 10.6 Å². The summed E-state index contributed by atoms with van der Waals surface area (Å²) in [7, 11) is 1.81. The van der Waals surface area contributed by atoms with E-state index in [-0.39, 0.29) is 24.0 Å². The molecule has 1 aliphatic carbocycles. The maximum atomic E-state index is 5.89. The highest BCUT2D eigenvalue weighted by Crippen LogP contribution is 2.24. The van der Waals surface area contributed by atoms with Crippen LogP contribution in [0.1, 0.15) is 30.6 Å². The first kappa shape index (κ1) is 16.1. The van der Waals surface area contributed by atoms with Gasteiger partial charge in [0.2, 0.25) is 0 Å². The summed E-state index contributed by atoms with van der Waals surface area (Å²) in [6, 6.07) is 8.73. The molecule has 114 valence electrons. The van der Waals surface area contributed by atoms with Crippen LogP contribution in [0.5, 0.6) is 0 Å². The fourth-order valence-corrected chi connectivity index (χ4v) is 2.50. The van der Waals surface area contributed by atoms with Gasteiger partial charge in [-0.1, -0.05) is 18.2 Å². The van der Waals surface area contributed by atoms with Crippen molar-refractivity contribution >= 4 is 40.9 Å². The van der Waals surface area contributed by atoms with E-state index in [0.717, 1.165) is 17.3 Å². The van der Waals surface area contributed by atoms with Crippen molar-refractivity contribution in [2.24, 2.45) is 4.99 Å². The van der Waals surface area contributed by atoms with Gasteiger partial charge in [-0.15, -0.1) is 24.0 Å². The molecule has 0 aliphatic heterocycles. The summed E-state index contributed by atoms with van der Waals surface area (Å²) in [6.45, 7) is 2.76. The summed E-state index contributed by atoms with van der Waals surface area (Å²) in [5.41, 5.74) is 2.15. The lowest BCUT2D eigenvalue weighted by Crippen LogP contribution is -2.46. The molecule has 0 atom stereocenters. The van der Waals surface area contributed by atoms with Crippen molar-refractivity contribution in [1.82, 2.24) is 10.6 Å². The topological polar surface area (TPSA) is 49.6 Å². The quantitative estimate of drug-likeness (QED) is 0.471. The lowest BCUT2D eigenvalue weighted by Gasteiger charge is -2.28. The van der Waals surface area contributed by atoms with E-state index in [4.69, 9.17) is 4.42 Å². The Bertz CT molecular complexity index is 631. The molecule has 0 unspecified atom stereocenters. The third-order valence-corrected chi connectivity index (χ3v) is 4.03. The summed E-state index contributed by atoms with van der Waals surface area (Å²) in [5, 5.41) is 7.94. The largest absolute Gasteiger partial charge is 0.459 e. The Hall–Kier alpha value is -1.24. The molecular formula is C16H22IN3O. The van der Waals surface area contributed by atoms with Crippen LogP contribution >= 0.6 is 24.0 Å². The number of furan rings is 1. The molecule has 0 bridgehead atoms. The monoisotopic (exact) mass is 399 g/mol. The number of aliphatic imine (C=N–C) groups is 1. The first-order valence-electron chi connectivity index (χ1n) is 7.22. The number of guanidine groups is 1. The first-order valence-corrected chi connectivity index (χ1v) is 7.22. The van der Waals surface area contributed by atoms with Crippen LogP contribution in [0.2, 0.25) is 0 Å². The van der Waals surface area contributed by atoms with Crippen molar-refractivity contribution < 1.29 is 4.42 Å². The highest BCUT2D eigenvalue weighted by Gasteiger charge is 2.18. The molecule has 0 radical (unpaired) electrons. The van der Waals surface area contributed by atoms with Gasteiger partial charge in [0.25, 0.3) is 0 Å². The second-order valence-electron chi connectivity index (χ2n) is 5.34. The third kappa shape index (κ3) is 3.51. The van der Waals surface area contributed by atoms with Gasteiger partial charge < -0.3 is 15.1 Å². The van der Waals surface area contributed by atoms with E-state index in [1.54, 1.807) is 7.05 Å². The number of rotatable bonds is 3. The fraction of sp³-hybridized carbons (Fsp3) is 0.438. The summed E-state index contributed by atoms with van der Waals surface area (Å²) in [6.07, 6.45) is 3.80. The van der Waals surface area contributed by atoms with E-state index in [1.807, 2.05) is 18.2 Å². The maximum absolute atomic E-state index is 5.89. The number of nitrogens with one attached hydrogen (secondary N) is 2. The first-order chi connectivity index (χ1) is 9.78. The SMILES string of the molecule is CN=C(NCc1oc2ccccc2c1C)NC1CCC1.I. The second kappa shape index (κ2) is 7.15. The molecule has 2 aromatic rings. The van der Waals surface area contributed by atoms with Crippen molar-refractivity contribution in [3.05, 3.63) is 35.6 Å². The van der Waals surface area contributed by atoms with Crippen LogP contribution in [0, 0.1) is 6.92 Å². The van der Waals surface area contributed by atoms with Crippen molar-refractivity contribution in [2.45, 2.75) is 38.8 Å². The van der Waals surface area contributed by atoms with Gasteiger partial charge in [0, 0.05) is 24.0 Å². The maximum Gasteiger partial charge on any atom is 0.191 e. The highest BCUT2D eigenvalue weighted by molar-refractivity contribution is 14.0. The van der Waals surface area contributed by atoms with E-state index in [0.29, 0.717) is 12.6 Å². The van der Waals surface area contributed by atoms with Crippen molar-refractivity contribution in [3.8, 4) is 0 Å². The van der Waals surface area contributed by atoms with Gasteiger partial charge in [0.05, 0.1) is 6.54 Å². The van der Waals surface area contributed by atoms with Crippen molar-refractivity contribution in [1.29, 1.82) is 0 Å². The van der Waals surface area contributed by atoms with E-state index >= 15 is 0 Å². The lowest BCUT2D eigenvalue weighted by atomic mass is 9.93. The standard InChI is InChI=1S/C16H21N3O.HI/c1-11-13-8-3-4-9-14(13)20-15(11)10-18-16(17-2)19-12-6-5-7-12;/h3-4,8-9,12H,5-7,10H2,1-2H3,(H2,17,18,19);1H. The molecule has 0 saturated heterocycles. The molecule has 5 heteroatoms. The number of benzene rings is 1. The fourth-order valence-electron chi connectivity index (χ4n) is 2.50. The molecule has 0 amide bonds. The highest BCUT2D eigenvalue weighted by atomic mass is 127. The van der Waals surface area contributed by atoms with Gasteiger partial charge in [-0.2, -0.15) is 0 Å². The Kier molecular flexibility index (Phi) is 5.50. The minimum Gasteiger partial charge on any atom is -0.459 e. The Morgan fingerprint density at radius 1 is 1.33 bits per heavy atom. The zero-order chi connectivity index (χ0) is 13.9. The number of hydrogen-bond acceptors (Lipinski definition) is 2. The van der Waals surface area contributed by atoms with E-state index in [1.165, 1.54) is 30.2 Å². The van der Waals surface area contributed by atoms with Crippen LogP contribution in [0.4, 0.5) is 0 Å². The van der Waals surface area contributed by atoms with Gasteiger partial charge in [-0.25, -0.2) is 0 Å². The second-order valence-corrected chi connectivity index (χ2v) is 5.34. The van der Waals surface area contributed by atoms with Gasteiger partial charge in [0.15, 0.2) is 5.96 Å². The summed E-state index contributed by atoms with van der Waals surface area (Å²) in [5.74, 6) is 1.83. The number of para-hydroxylation sites is 1. The number of fused-ring (bicyclic) bond motifs is 1. The molecule has 1 fully saturated rings. The van der Waals surface area contributed by atoms with Crippen LogP contribution in [-0.2, 0) is 6.54 Å². The molecule has 0 spiro atoms. The van der Waals surface area contributed by atoms with Gasteiger partial charge in [0.1, 0.15) is 11.3 Å². The molecule has 1 saturated carbocycles. The molecule has 1 aromatic heterocycles. The average Bonchev–Trinajstić information content (AvgIpc) is 2.74. The summed E-state index contributed by atoms with van der Waals surface area (Å²) < 4.78 is 5.89. The smallest absolute Gasteiger partial charge is 0.191 e. The van der Waals surface area contributed by atoms with E-state index in [2.05, 4.69) is 28.6 Å². The van der Waals surface area contributed by atoms with Crippen LogP contribution in [-0.4, -0.2) is 19.0 Å².